The lowest BCUT2D eigenvalue weighted by Gasteiger charge is -2.16. The summed E-state index contributed by atoms with van der Waals surface area (Å²) in [5, 5.41) is 2.57. The highest BCUT2D eigenvalue weighted by molar-refractivity contribution is 6.33. The fourth-order valence-corrected chi connectivity index (χ4v) is 2.43. The first-order valence-corrected chi connectivity index (χ1v) is 7.71. The van der Waals surface area contributed by atoms with Crippen LogP contribution in [0.1, 0.15) is 46.7 Å². The molecule has 0 aliphatic heterocycles. The molecule has 0 spiro atoms. The zero-order chi connectivity index (χ0) is 17.3. The van der Waals surface area contributed by atoms with Crippen molar-refractivity contribution in [1.82, 2.24) is 15.3 Å². The Balaban J connectivity index is 1.84. The molecule has 8 heteroatoms. The van der Waals surface area contributed by atoms with E-state index in [-0.39, 0.29) is 16.6 Å². The number of rotatable bonds is 5. The Hall–Kier alpha value is -2.54. The molecule has 1 atom stereocenters. The summed E-state index contributed by atoms with van der Waals surface area (Å²) >= 11 is 5.99. The normalized spacial score (nSPS) is 14.9. The highest BCUT2D eigenvalue weighted by atomic mass is 35.5. The monoisotopic (exact) mass is 348 g/mol. The van der Waals surface area contributed by atoms with Crippen molar-refractivity contribution in [2.75, 3.05) is 0 Å². The number of primary amides is 1. The zero-order valence-corrected chi connectivity index (χ0v) is 13.3. The SMILES string of the molecule is NC(=O)C(NC(=O)c1nc(C2CC2)ncc1Cl)c1ccc(F)cc1. The van der Waals surface area contributed by atoms with Crippen LogP contribution in [0.3, 0.4) is 0 Å². The molecule has 6 nitrogen and oxygen atoms in total. The second kappa shape index (κ2) is 6.52. The molecule has 3 N–H and O–H groups in total. The number of carbonyl (C=O) groups is 2. The summed E-state index contributed by atoms with van der Waals surface area (Å²) in [6.45, 7) is 0. The maximum atomic E-state index is 13.0. The molecule has 1 aliphatic carbocycles. The molecular formula is C16H14ClFN4O2. The van der Waals surface area contributed by atoms with E-state index >= 15 is 0 Å². The van der Waals surface area contributed by atoms with Crippen molar-refractivity contribution in [3.05, 3.63) is 58.4 Å². The van der Waals surface area contributed by atoms with Gasteiger partial charge in [-0.05, 0) is 30.5 Å². The molecule has 0 saturated heterocycles. The maximum absolute atomic E-state index is 13.0. The molecule has 3 rings (SSSR count). The molecule has 1 aromatic carbocycles. The van der Waals surface area contributed by atoms with Crippen LogP contribution in [0.4, 0.5) is 4.39 Å². The Morgan fingerprint density at radius 3 is 2.54 bits per heavy atom. The van der Waals surface area contributed by atoms with Crippen LogP contribution >= 0.6 is 11.6 Å². The van der Waals surface area contributed by atoms with E-state index in [1.54, 1.807) is 0 Å². The summed E-state index contributed by atoms with van der Waals surface area (Å²) in [5.41, 5.74) is 5.70. The van der Waals surface area contributed by atoms with Crippen LogP contribution in [0.25, 0.3) is 0 Å². The minimum absolute atomic E-state index is 0.0121. The van der Waals surface area contributed by atoms with Gasteiger partial charge in [0, 0.05) is 5.92 Å². The third-order valence-electron chi connectivity index (χ3n) is 3.68. The van der Waals surface area contributed by atoms with Gasteiger partial charge in [-0.2, -0.15) is 0 Å². The number of hydrogen-bond donors (Lipinski definition) is 2. The molecule has 1 heterocycles. The molecule has 1 unspecified atom stereocenters. The molecular weight excluding hydrogens is 335 g/mol. The molecule has 1 aliphatic rings. The van der Waals surface area contributed by atoms with Crippen LogP contribution in [0, 0.1) is 5.82 Å². The van der Waals surface area contributed by atoms with Gasteiger partial charge < -0.3 is 11.1 Å². The van der Waals surface area contributed by atoms with E-state index in [1.165, 1.54) is 30.5 Å². The summed E-state index contributed by atoms with van der Waals surface area (Å²) in [6.07, 6.45) is 3.32. The summed E-state index contributed by atoms with van der Waals surface area (Å²) in [6, 6.07) is 4.00. The number of nitrogens with one attached hydrogen (secondary N) is 1. The molecule has 124 valence electrons. The van der Waals surface area contributed by atoms with Gasteiger partial charge >= 0.3 is 0 Å². The van der Waals surface area contributed by atoms with Crippen molar-refractivity contribution in [2.45, 2.75) is 24.8 Å². The van der Waals surface area contributed by atoms with Crippen LogP contribution in [0.2, 0.25) is 5.02 Å². The van der Waals surface area contributed by atoms with Crippen molar-refractivity contribution in [1.29, 1.82) is 0 Å². The van der Waals surface area contributed by atoms with E-state index in [4.69, 9.17) is 17.3 Å². The quantitative estimate of drug-likeness (QED) is 0.864. The second-order valence-corrected chi connectivity index (χ2v) is 5.97. The lowest BCUT2D eigenvalue weighted by molar-refractivity contribution is -0.120. The molecule has 24 heavy (non-hydrogen) atoms. The first-order valence-electron chi connectivity index (χ1n) is 7.34. The minimum atomic E-state index is -1.12. The summed E-state index contributed by atoms with van der Waals surface area (Å²) in [7, 11) is 0. The van der Waals surface area contributed by atoms with Gasteiger partial charge in [0.2, 0.25) is 5.91 Å². The topological polar surface area (TPSA) is 98.0 Å². The number of aromatic nitrogens is 2. The molecule has 2 amide bonds. The standard InChI is InChI=1S/C16H14ClFN4O2/c17-11-7-20-15(9-1-2-9)21-13(11)16(24)22-12(14(19)23)8-3-5-10(18)6-4-8/h3-7,9,12H,1-2H2,(H2,19,23)(H,22,24). The number of amides is 2. The van der Waals surface area contributed by atoms with E-state index in [0.717, 1.165) is 12.8 Å². The van der Waals surface area contributed by atoms with Gasteiger partial charge in [-0.25, -0.2) is 14.4 Å². The summed E-state index contributed by atoms with van der Waals surface area (Å²) in [4.78, 5) is 32.4. The van der Waals surface area contributed by atoms with Crippen LogP contribution in [0.15, 0.2) is 30.5 Å². The Morgan fingerprint density at radius 1 is 1.29 bits per heavy atom. The summed E-state index contributed by atoms with van der Waals surface area (Å²) < 4.78 is 13.0. The first-order chi connectivity index (χ1) is 11.5. The van der Waals surface area contributed by atoms with Gasteiger partial charge in [0.25, 0.3) is 5.91 Å². The highest BCUT2D eigenvalue weighted by Gasteiger charge is 2.29. The predicted molar refractivity (Wildman–Crippen MR) is 84.8 cm³/mol. The smallest absolute Gasteiger partial charge is 0.272 e. The third kappa shape index (κ3) is 3.51. The van der Waals surface area contributed by atoms with Gasteiger partial charge in [-0.3, -0.25) is 9.59 Å². The van der Waals surface area contributed by atoms with E-state index < -0.39 is 23.7 Å². The largest absolute Gasteiger partial charge is 0.368 e. The molecule has 0 bridgehead atoms. The van der Waals surface area contributed by atoms with E-state index in [9.17, 15) is 14.0 Å². The molecule has 2 aromatic rings. The van der Waals surface area contributed by atoms with Gasteiger partial charge in [0.05, 0.1) is 11.2 Å². The first kappa shape index (κ1) is 16.3. The van der Waals surface area contributed by atoms with Crippen molar-refractivity contribution in [2.24, 2.45) is 5.73 Å². The van der Waals surface area contributed by atoms with Crippen molar-refractivity contribution >= 4 is 23.4 Å². The van der Waals surface area contributed by atoms with E-state index in [2.05, 4.69) is 15.3 Å². The zero-order valence-electron chi connectivity index (χ0n) is 12.5. The van der Waals surface area contributed by atoms with Crippen molar-refractivity contribution in [3.8, 4) is 0 Å². The van der Waals surface area contributed by atoms with Gasteiger partial charge in [-0.1, -0.05) is 23.7 Å². The number of nitrogens with zero attached hydrogens (tertiary/aromatic N) is 2. The maximum Gasteiger partial charge on any atom is 0.272 e. The number of nitrogens with two attached hydrogens (primary N) is 1. The van der Waals surface area contributed by atoms with E-state index in [1.807, 2.05) is 0 Å². The molecule has 1 aromatic heterocycles. The van der Waals surface area contributed by atoms with Gasteiger partial charge in [0.1, 0.15) is 23.4 Å². The number of halogens is 2. The Morgan fingerprint density at radius 2 is 1.96 bits per heavy atom. The lowest BCUT2D eigenvalue weighted by Crippen LogP contribution is -2.38. The van der Waals surface area contributed by atoms with Crippen LogP contribution in [-0.2, 0) is 4.79 Å². The molecule has 1 saturated carbocycles. The minimum Gasteiger partial charge on any atom is -0.368 e. The fraction of sp³-hybridized carbons (Fsp3) is 0.250. The van der Waals surface area contributed by atoms with Crippen molar-refractivity contribution in [3.63, 3.8) is 0 Å². The highest BCUT2D eigenvalue weighted by Crippen LogP contribution is 2.38. The average molecular weight is 349 g/mol. The number of benzene rings is 1. The van der Waals surface area contributed by atoms with Crippen LogP contribution in [0.5, 0.6) is 0 Å². The van der Waals surface area contributed by atoms with Crippen LogP contribution < -0.4 is 11.1 Å². The number of hydrogen-bond acceptors (Lipinski definition) is 4. The Bertz CT molecular complexity index is 793. The third-order valence-corrected chi connectivity index (χ3v) is 3.96. The second-order valence-electron chi connectivity index (χ2n) is 5.56. The van der Waals surface area contributed by atoms with Gasteiger partial charge in [0.15, 0.2) is 0 Å². The molecule has 1 fully saturated rings. The van der Waals surface area contributed by atoms with Crippen molar-refractivity contribution < 1.29 is 14.0 Å². The molecule has 0 radical (unpaired) electrons. The van der Waals surface area contributed by atoms with Crippen LogP contribution in [-0.4, -0.2) is 21.8 Å². The Labute approximate surface area is 142 Å². The van der Waals surface area contributed by atoms with Gasteiger partial charge in [-0.15, -0.1) is 0 Å². The average Bonchev–Trinajstić information content (AvgIpc) is 3.38. The van der Waals surface area contributed by atoms with E-state index in [0.29, 0.717) is 11.4 Å². The summed E-state index contributed by atoms with van der Waals surface area (Å²) in [5.74, 6) is -1.07. The Kier molecular flexibility index (Phi) is 4.44. The lowest BCUT2D eigenvalue weighted by atomic mass is 10.1. The number of carbonyl (C=O) groups excluding carboxylic acids is 2. The fourth-order valence-electron chi connectivity index (χ4n) is 2.25. The predicted octanol–water partition coefficient (Wildman–Crippen LogP) is 2.10.